The summed E-state index contributed by atoms with van der Waals surface area (Å²) < 4.78 is 27.6. The summed E-state index contributed by atoms with van der Waals surface area (Å²) in [6, 6.07) is 3.42. The van der Waals surface area contributed by atoms with Gasteiger partial charge in [-0.25, -0.2) is 13.2 Å². The monoisotopic (exact) mass is 368 g/mol. The number of benzene rings is 1. The minimum absolute atomic E-state index is 0.0227. The van der Waals surface area contributed by atoms with Gasteiger partial charge in [-0.1, -0.05) is 12.1 Å². The number of Topliss-reactive ketones (excluding diaryl/α,β-unsaturated/α-hetero) is 1. The molecule has 0 unspecified atom stereocenters. The Hall–Kier alpha value is -1.87. The van der Waals surface area contributed by atoms with Crippen LogP contribution in [0.3, 0.4) is 0 Å². The Kier molecular flexibility index (Phi) is 5.89. The van der Waals surface area contributed by atoms with E-state index in [4.69, 9.17) is 4.65 Å². The lowest BCUT2D eigenvalue weighted by Crippen LogP contribution is -2.36. The Balaban J connectivity index is 2.06. The van der Waals surface area contributed by atoms with Gasteiger partial charge < -0.3 is 14.8 Å². The number of rotatable bonds is 7. The second kappa shape index (κ2) is 7.57. The van der Waals surface area contributed by atoms with Crippen LogP contribution in [0, 0.1) is 6.92 Å². The van der Waals surface area contributed by atoms with Crippen LogP contribution in [0.2, 0.25) is 5.82 Å². The molecule has 0 aromatic heterocycles. The van der Waals surface area contributed by atoms with Gasteiger partial charge in [0.15, 0.2) is 0 Å². The first-order valence-corrected chi connectivity index (χ1v) is 10.0. The van der Waals surface area contributed by atoms with E-state index in [0.29, 0.717) is 17.5 Å². The molecule has 1 heterocycles. The van der Waals surface area contributed by atoms with Crippen molar-refractivity contribution in [2.45, 2.75) is 38.4 Å². The molecule has 0 aliphatic carbocycles. The zero-order chi connectivity index (χ0) is 18.8. The molecule has 0 spiro atoms. The highest BCUT2D eigenvalue weighted by Crippen LogP contribution is 2.37. The number of hydrogen-bond acceptors (Lipinski definition) is 6. The number of carboxylic acid groups (broad SMARTS) is 1. The van der Waals surface area contributed by atoms with Gasteiger partial charge in [0.05, 0.1) is 5.75 Å². The summed E-state index contributed by atoms with van der Waals surface area (Å²) >= 11 is 0. The van der Waals surface area contributed by atoms with Crippen LogP contribution in [0.15, 0.2) is 12.1 Å². The van der Waals surface area contributed by atoms with Crippen LogP contribution in [-0.4, -0.2) is 49.4 Å². The standard InChI is InChI=1S/C16H21BO7S/c1-10-5-6-11-8-12(9-13(18)4-3-7-25(2,22)23)17(21)24-15(11)14(10)16(19)20/h5-6,12,21H,3-4,7-9H2,1-2H3,(H,19,20)/t12-/m1/s1. The van der Waals surface area contributed by atoms with Gasteiger partial charge in [0.25, 0.3) is 0 Å². The maximum absolute atomic E-state index is 12.0. The van der Waals surface area contributed by atoms with Gasteiger partial charge in [0, 0.05) is 24.9 Å². The zero-order valence-electron chi connectivity index (χ0n) is 14.2. The van der Waals surface area contributed by atoms with Crippen molar-refractivity contribution < 1.29 is 32.8 Å². The van der Waals surface area contributed by atoms with Gasteiger partial charge in [-0.05, 0) is 30.9 Å². The van der Waals surface area contributed by atoms with Crippen molar-refractivity contribution in [3.8, 4) is 5.75 Å². The second-order valence-electron chi connectivity index (χ2n) is 6.50. The topological polar surface area (TPSA) is 118 Å². The largest absolute Gasteiger partial charge is 0.535 e. The second-order valence-corrected chi connectivity index (χ2v) is 8.76. The quantitative estimate of drug-likeness (QED) is 0.696. The first-order chi connectivity index (χ1) is 11.6. The fraction of sp³-hybridized carbons (Fsp3) is 0.500. The molecule has 2 rings (SSSR count). The van der Waals surface area contributed by atoms with Crippen LogP contribution in [0.4, 0.5) is 0 Å². The maximum Gasteiger partial charge on any atom is 0.526 e. The minimum Gasteiger partial charge on any atom is -0.535 e. The van der Waals surface area contributed by atoms with Crippen molar-refractivity contribution in [1.82, 2.24) is 0 Å². The minimum atomic E-state index is -3.10. The van der Waals surface area contributed by atoms with Crippen LogP contribution >= 0.6 is 0 Å². The molecule has 1 aromatic rings. The Bertz CT molecular complexity index is 788. The first-order valence-electron chi connectivity index (χ1n) is 7.98. The molecule has 0 radical (unpaired) electrons. The normalized spacial score (nSPS) is 16.9. The van der Waals surface area contributed by atoms with Crippen LogP contribution in [0.25, 0.3) is 0 Å². The van der Waals surface area contributed by atoms with E-state index in [9.17, 15) is 28.1 Å². The number of ketones is 1. The van der Waals surface area contributed by atoms with E-state index in [1.54, 1.807) is 19.1 Å². The van der Waals surface area contributed by atoms with Crippen molar-refractivity contribution in [2.75, 3.05) is 12.0 Å². The number of carboxylic acids is 1. The molecule has 136 valence electrons. The van der Waals surface area contributed by atoms with Gasteiger partial charge in [-0.3, -0.25) is 4.79 Å². The number of carbonyl (C=O) groups is 2. The third-order valence-electron chi connectivity index (χ3n) is 4.25. The zero-order valence-corrected chi connectivity index (χ0v) is 15.0. The van der Waals surface area contributed by atoms with Gasteiger partial charge >= 0.3 is 13.1 Å². The van der Waals surface area contributed by atoms with Crippen molar-refractivity contribution in [1.29, 1.82) is 0 Å². The molecule has 1 atom stereocenters. The van der Waals surface area contributed by atoms with Crippen molar-refractivity contribution in [3.05, 3.63) is 28.8 Å². The fourth-order valence-corrected chi connectivity index (χ4v) is 3.65. The molecule has 1 aromatic carbocycles. The highest BCUT2D eigenvalue weighted by molar-refractivity contribution is 7.90. The summed E-state index contributed by atoms with van der Waals surface area (Å²) in [5.41, 5.74) is 1.20. The van der Waals surface area contributed by atoms with Gasteiger partial charge in [-0.2, -0.15) is 0 Å². The number of aryl methyl sites for hydroxylation is 1. The molecule has 0 saturated heterocycles. The van der Waals surface area contributed by atoms with E-state index in [1.165, 1.54) is 0 Å². The molecule has 0 amide bonds. The molecule has 7 nitrogen and oxygen atoms in total. The molecule has 1 aliphatic heterocycles. The lowest BCUT2D eigenvalue weighted by atomic mass is 9.64. The summed E-state index contributed by atoms with van der Waals surface area (Å²) in [5.74, 6) is -1.66. The van der Waals surface area contributed by atoms with E-state index in [1.807, 2.05) is 0 Å². The SMILES string of the molecule is Cc1ccc2c(c1C(=O)O)OB(O)[C@@H](CC(=O)CCCS(C)(=O)=O)C2. The van der Waals surface area contributed by atoms with Gasteiger partial charge in [0.2, 0.25) is 0 Å². The Morgan fingerprint density at radius 2 is 2.04 bits per heavy atom. The summed E-state index contributed by atoms with van der Waals surface area (Å²) in [6.07, 6.45) is 1.88. The Labute approximate surface area is 147 Å². The third-order valence-corrected chi connectivity index (χ3v) is 5.28. The third kappa shape index (κ3) is 5.05. The Morgan fingerprint density at radius 3 is 2.64 bits per heavy atom. The smallest absolute Gasteiger partial charge is 0.526 e. The summed E-state index contributed by atoms with van der Waals surface area (Å²) in [5, 5.41) is 19.5. The summed E-state index contributed by atoms with van der Waals surface area (Å²) in [6.45, 7) is 1.65. The number of aromatic carboxylic acids is 1. The van der Waals surface area contributed by atoms with E-state index < -0.39 is 28.7 Å². The van der Waals surface area contributed by atoms with E-state index in [0.717, 1.165) is 6.26 Å². The first kappa shape index (κ1) is 19.5. The van der Waals surface area contributed by atoms with Crippen LogP contribution in [0.5, 0.6) is 5.75 Å². The molecule has 25 heavy (non-hydrogen) atoms. The fourth-order valence-electron chi connectivity index (χ4n) is 2.98. The van der Waals surface area contributed by atoms with Crippen LogP contribution in [-0.2, 0) is 21.1 Å². The molecular weight excluding hydrogens is 347 g/mol. The highest BCUT2D eigenvalue weighted by atomic mass is 32.2. The van der Waals surface area contributed by atoms with E-state index >= 15 is 0 Å². The number of sulfone groups is 1. The van der Waals surface area contributed by atoms with E-state index in [2.05, 4.69) is 0 Å². The predicted octanol–water partition coefficient (Wildman–Crippen LogP) is 1.26. The number of hydrogen-bond donors (Lipinski definition) is 2. The van der Waals surface area contributed by atoms with Crippen molar-refractivity contribution in [2.24, 2.45) is 0 Å². The maximum atomic E-state index is 12.0. The van der Waals surface area contributed by atoms with Crippen LogP contribution in [0.1, 0.15) is 40.7 Å². The lowest BCUT2D eigenvalue weighted by Gasteiger charge is -2.28. The average molecular weight is 368 g/mol. The molecule has 0 saturated carbocycles. The molecule has 9 heteroatoms. The molecular formula is C16H21BO7S. The van der Waals surface area contributed by atoms with Crippen LogP contribution < -0.4 is 4.65 Å². The van der Waals surface area contributed by atoms with E-state index in [-0.39, 0.29) is 42.1 Å². The number of carbonyl (C=O) groups excluding carboxylic acids is 1. The summed E-state index contributed by atoms with van der Waals surface area (Å²) in [4.78, 5) is 23.4. The average Bonchev–Trinajstić information content (AvgIpc) is 2.46. The Morgan fingerprint density at radius 1 is 1.36 bits per heavy atom. The number of fused-ring (bicyclic) bond motifs is 1. The lowest BCUT2D eigenvalue weighted by molar-refractivity contribution is -0.119. The van der Waals surface area contributed by atoms with Crippen molar-refractivity contribution >= 4 is 28.7 Å². The van der Waals surface area contributed by atoms with Gasteiger partial charge in [0.1, 0.15) is 26.9 Å². The molecule has 1 aliphatic rings. The predicted molar refractivity (Wildman–Crippen MR) is 92.8 cm³/mol. The molecule has 2 N–H and O–H groups in total. The highest BCUT2D eigenvalue weighted by Gasteiger charge is 2.38. The van der Waals surface area contributed by atoms with Gasteiger partial charge in [-0.15, -0.1) is 0 Å². The summed E-state index contributed by atoms with van der Waals surface area (Å²) in [7, 11) is -4.37. The molecule has 0 fully saturated rings. The molecule has 0 bridgehead atoms. The van der Waals surface area contributed by atoms with Crippen molar-refractivity contribution in [3.63, 3.8) is 0 Å².